The van der Waals surface area contributed by atoms with Gasteiger partial charge in [-0.15, -0.1) is 0 Å². The molecule has 0 saturated carbocycles. The number of carboxylic acid groups (broad SMARTS) is 2. The highest BCUT2D eigenvalue weighted by Gasteiger charge is 2.17. The van der Waals surface area contributed by atoms with Gasteiger partial charge in [0, 0.05) is 12.5 Å². The fourth-order valence-electron chi connectivity index (χ4n) is 2.46. The SMILES string of the molecule is NC(Cc1ccc(O)cc1O)C(=O)O.NC(Cc1ccc2c(c1)OCO2)C(=O)O. The van der Waals surface area contributed by atoms with Crippen LogP contribution in [0.1, 0.15) is 11.1 Å². The minimum Gasteiger partial charge on any atom is -0.508 e. The zero-order chi connectivity index (χ0) is 21.6. The molecule has 2 atom stereocenters. The van der Waals surface area contributed by atoms with Crippen LogP contribution in [0.3, 0.4) is 0 Å². The molecule has 156 valence electrons. The molecule has 0 fully saturated rings. The first-order valence-corrected chi connectivity index (χ1v) is 8.53. The average molecular weight is 406 g/mol. The molecule has 0 amide bonds. The van der Waals surface area contributed by atoms with Gasteiger partial charge in [-0.25, -0.2) is 0 Å². The van der Waals surface area contributed by atoms with Crippen molar-refractivity contribution in [2.45, 2.75) is 24.9 Å². The number of aliphatic carboxylic acids is 2. The highest BCUT2D eigenvalue weighted by Crippen LogP contribution is 2.32. The number of fused-ring (bicyclic) bond motifs is 1. The minimum atomic E-state index is -1.13. The van der Waals surface area contributed by atoms with Gasteiger partial charge >= 0.3 is 11.9 Å². The Morgan fingerprint density at radius 2 is 1.52 bits per heavy atom. The summed E-state index contributed by atoms with van der Waals surface area (Å²) in [5.74, 6) is -1.03. The summed E-state index contributed by atoms with van der Waals surface area (Å²) < 4.78 is 10.3. The predicted octanol–water partition coefficient (Wildman–Crippen LogP) is 0.422. The van der Waals surface area contributed by atoms with Crippen LogP contribution in [0.5, 0.6) is 23.0 Å². The Morgan fingerprint density at radius 1 is 0.897 bits per heavy atom. The van der Waals surface area contributed by atoms with E-state index in [1.807, 2.05) is 0 Å². The Morgan fingerprint density at radius 3 is 2.14 bits per heavy atom. The Balaban J connectivity index is 0.000000208. The summed E-state index contributed by atoms with van der Waals surface area (Å²) in [6, 6.07) is 7.31. The largest absolute Gasteiger partial charge is 0.508 e. The monoisotopic (exact) mass is 406 g/mol. The van der Waals surface area contributed by atoms with Gasteiger partial charge in [0.05, 0.1) is 0 Å². The zero-order valence-corrected chi connectivity index (χ0v) is 15.3. The second-order valence-corrected chi connectivity index (χ2v) is 6.30. The van der Waals surface area contributed by atoms with Crippen molar-refractivity contribution in [2.24, 2.45) is 11.5 Å². The van der Waals surface area contributed by atoms with Crippen molar-refractivity contribution in [3.8, 4) is 23.0 Å². The molecule has 3 rings (SSSR count). The number of hydrogen-bond acceptors (Lipinski definition) is 8. The molecule has 2 unspecified atom stereocenters. The van der Waals surface area contributed by atoms with E-state index in [9.17, 15) is 14.7 Å². The number of carboxylic acids is 2. The van der Waals surface area contributed by atoms with E-state index in [0.29, 0.717) is 17.1 Å². The Labute approximate surface area is 165 Å². The molecular formula is C19H22N2O8. The van der Waals surface area contributed by atoms with Gasteiger partial charge < -0.3 is 41.4 Å². The lowest BCUT2D eigenvalue weighted by atomic mass is 10.1. The third-order valence-corrected chi connectivity index (χ3v) is 4.04. The van der Waals surface area contributed by atoms with Crippen LogP contribution < -0.4 is 20.9 Å². The quantitative estimate of drug-likeness (QED) is 0.393. The fourth-order valence-corrected chi connectivity index (χ4v) is 2.46. The van der Waals surface area contributed by atoms with Crippen LogP contribution in [0.2, 0.25) is 0 Å². The second kappa shape index (κ2) is 9.62. The number of phenols is 2. The van der Waals surface area contributed by atoms with Gasteiger partial charge in [-0.3, -0.25) is 9.59 Å². The lowest BCUT2D eigenvalue weighted by molar-refractivity contribution is -0.139. The van der Waals surface area contributed by atoms with Crippen LogP contribution in [0.25, 0.3) is 0 Å². The van der Waals surface area contributed by atoms with E-state index in [0.717, 1.165) is 11.6 Å². The van der Waals surface area contributed by atoms with Crippen LogP contribution in [-0.4, -0.2) is 51.2 Å². The van der Waals surface area contributed by atoms with Gasteiger partial charge in [0.25, 0.3) is 0 Å². The van der Waals surface area contributed by atoms with Gasteiger partial charge in [0.1, 0.15) is 23.6 Å². The normalized spacial score (nSPS) is 13.7. The summed E-state index contributed by atoms with van der Waals surface area (Å²) in [4.78, 5) is 21.0. The predicted molar refractivity (Wildman–Crippen MR) is 101 cm³/mol. The summed E-state index contributed by atoms with van der Waals surface area (Å²) in [6.07, 6.45) is 0.313. The maximum absolute atomic E-state index is 10.6. The molecule has 0 spiro atoms. The molecule has 1 aliphatic heterocycles. The Hall–Kier alpha value is -3.50. The first-order valence-electron chi connectivity index (χ1n) is 8.53. The van der Waals surface area contributed by atoms with Crippen LogP contribution in [0, 0.1) is 0 Å². The number of carbonyl (C=O) groups is 2. The Kier molecular flexibility index (Phi) is 7.23. The van der Waals surface area contributed by atoms with Gasteiger partial charge in [0.15, 0.2) is 11.5 Å². The van der Waals surface area contributed by atoms with E-state index < -0.39 is 24.0 Å². The smallest absolute Gasteiger partial charge is 0.320 e. The van der Waals surface area contributed by atoms with E-state index in [4.69, 9.17) is 36.3 Å². The van der Waals surface area contributed by atoms with Crippen LogP contribution in [-0.2, 0) is 22.4 Å². The van der Waals surface area contributed by atoms with E-state index >= 15 is 0 Å². The van der Waals surface area contributed by atoms with E-state index in [2.05, 4.69) is 0 Å². The summed E-state index contributed by atoms with van der Waals surface area (Å²) in [5.41, 5.74) is 11.9. The molecule has 10 nitrogen and oxygen atoms in total. The summed E-state index contributed by atoms with van der Waals surface area (Å²) in [6.45, 7) is 0.212. The van der Waals surface area contributed by atoms with E-state index in [-0.39, 0.29) is 31.1 Å². The minimum absolute atomic E-state index is 0.0292. The zero-order valence-electron chi connectivity index (χ0n) is 15.3. The highest BCUT2D eigenvalue weighted by molar-refractivity contribution is 5.74. The number of benzene rings is 2. The van der Waals surface area contributed by atoms with Crippen molar-refractivity contribution in [3.05, 3.63) is 47.5 Å². The van der Waals surface area contributed by atoms with Crippen molar-refractivity contribution in [1.29, 1.82) is 0 Å². The molecule has 1 heterocycles. The molecule has 10 heteroatoms. The van der Waals surface area contributed by atoms with Crippen molar-refractivity contribution >= 4 is 11.9 Å². The molecule has 29 heavy (non-hydrogen) atoms. The molecule has 8 N–H and O–H groups in total. The van der Waals surface area contributed by atoms with Crippen LogP contribution in [0.4, 0.5) is 0 Å². The van der Waals surface area contributed by atoms with Crippen molar-refractivity contribution in [2.75, 3.05) is 6.79 Å². The molecule has 0 saturated heterocycles. The van der Waals surface area contributed by atoms with E-state index in [1.54, 1.807) is 18.2 Å². The number of phenolic OH excluding ortho intramolecular Hbond substituents is 2. The number of ether oxygens (including phenoxy) is 2. The molecule has 0 bridgehead atoms. The van der Waals surface area contributed by atoms with Crippen molar-refractivity contribution in [1.82, 2.24) is 0 Å². The Bertz CT molecular complexity index is 887. The van der Waals surface area contributed by atoms with Crippen molar-refractivity contribution < 1.29 is 39.5 Å². The summed E-state index contributed by atoms with van der Waals surface area (Å²) in [5, 5.41) is 35.5. The molecular weight excluding hydrogens is 384 g/mol. The van der Waals surface area contributed by atoms with Crippen molar-refractivity contribution in [3.63, 3.8) is 0 Å². The van der Waals surface area contributed by atoms with Gasteiger partial charge in [-0.05, 0) is 35.7 Å². The van der Waals surface area contributed by atoms with Crippen LogP contribution in [0.15, 0.2) is 36.4 Å². The second-order valence-electron chi connectivity index (χ2n) is 6.30. The maximum atomic E-state index is 10.6. The molecule has 1 aliphatic rings. The number of hydrogen-bond donors (Lipinski definition) is 6. The number of rotatable bonds is 6. The molecule has 2 aromatic carbocycles. The molecule has 0 aliphatic carbocycles. The fraction of sp³-hybridized carbons (Fsp3) is 0.263. The number of aromatic hydroxyl groups is 2. The summed E-state index contributed by atoms with van der Waals surface area (Å²) >= 11 is 0. The summed E-state index contributed by atoms with van der Waals surface area (Å²) in [7, 11) is 0. The standard InChI is InChI=1S/C10H11NO4.C9H11NO4/c11-7(10(12)13)3-6-1-2-8-9(4-6)15-5-14-8;10-7(9(13)14)3-5-1-2-6(11)4-8(5)12/h1-2,4,7H,3,5,11H2,(H,12,13);1-2,4,7,11-12H,3,10H2,(H,13,14). The highest BCUT2D eigenvalue weighted by atomic mass is 16.7. The third-order valence-electron chi connectivity index (χ3n) is 4.04. The average Bonchev–Trinajstić information content (AvgIpc) is 3.12. The first kappa shape index (κ1) is 21.8. The lowest BCUT2D eigenvalue weighted by Crippen LogP contribution is -2.32. The van der Waals surface area contributed by atoms with Gasteiger partial charge in [-0.1, -0.05) is 12.1 Å². The van der Waals surface area contributed by atoms with E-state index in [1.165, 1.54) is 12.1 Å². The molecule has 0 radical (unpaired) electrons. The number of nitrogens with two attached hydrogens (primary N) is 2. The molecule has 2 aromatic rings. The topological polar surface area (TPSA) is 186 Å². The first-order chi connectivity index (χ1) is 13.7. The third kappa shape index (κ3) is 6.26. The maximum Gasteiger partial charge on any atom is 0.320 e. The van der Waals surface area contributed by atoms with Gasteiger partial charge in [-0.2, -0.15) is 0 Å². The molecule has 0 aromatic heterocycles. The van der Waals surface area contributed by atoms with Gasteiger partial charge in [0.2, 0.25) is 6.79 Å². The van der Waals surface area contributed by atoms with Crippen LogP contribution >= 0.6 is 0 Å². The lowest BCUT2D eigenvalue weighted by Gasteiger charge is -2.08.